The molecular weight excluding hydrogens is 386 g/mol. The number of piperidine rings is 1. The first-order valence-electron chi connectivity index (χ1n) is 9.06. The number of imidazole rings is 1. The molecule has 0 spiro atoms. The van der Waals surface area contributed by atoms with Crippen molar-refractivity contribution in [3.05, 3.63) is 40.9 Å². The summed E-state index contributed by atoms with van der Waals surface area (Å²) in [6, 6.07) is 1.51. The second-order valence-electron chi connectivity index (χ2n) is 6.89. The van der Waals surface area contributed by atoms with Crippen molar-refractivity contribution >= 4 is 28.2 Å². The zero-order valence-electron chi connectivity index (χ0n) is 15.3. The highest BCUT2D eigenvalue weighted by atomic mass is 32.1. The maximum absolute atomic E-state index is 13.3. The predicted octanol–water partition coefficient (Wildman–Crippen LogP) is 3.46. The van der Waals surface area contributed by atoms with Crippen LogP contribution in [0.25, 0.3) is 5.78 Å². The van der Waals surface area contributed by atoms with Crippen LogP contribution in [0.3, 0.4) is 0 Å². The maximum atomic E-state index is 13.3. The van der Waals surface area contributed by atoms with Gasteiger partial charge in [0.25, 0.3) is 6.43 Å². The highest BCUT2D eigenvalue weighted by molar-refractivity contribution is 7.15. The van der Waals surface area contributed by atoms with Gasteiger partial charge >= 0.3 is 0 Å². The molecule has 1 amide bonds. The third-order valence-corrected chi connectivity index (χ3v) is 5.69. The molecule has 0 radical (unpaired) electrons. The number of alkyl halides is 2. The van der Waals surface area contributed by atoms with E-state index in [4.69, 9.17) is 0 Å². The number of fused-ring (bicyclic) bond motifs is 1. The Morgan fingerprint density at radius 1 is 1.43 bits per heavy atom. The molecule has 28 heavy (non-hydrogen) atoms. The molecule has 10 heteroatoms. The highest BCUT2D eigenvalue weighted by Gasteiger charge is 2.26. The minimum absolute atomic E-state index is 0.119. The Bertz CT molecular complexity index is 988. The first kappa shape index (κ1) is 18.9. The van der Waals surface area contributed by atoms with Gasteiger partial charge in [0.1, 0.15) is 5.69 Å². The van der Waals surface area contributed by atoms with E-state index in [1.807, 2.05) is 4.40 Å². The average molecular weight is 406 g/mol. The largest absolute Gasteiger partial charge is 0.302 e. The minimum Gasteiger partial charge on any atom is -0.302 e. The molecule has 1 saturated heterocycles. The second-order valence-corrected chi connectivity index (χ2v) is 8.01. The Morgan fingerprint density at radius 2 is 2.29 bits per heavy atom. The van der Waals surface area contributed by atoms with Crippen LogP contribution in [0.15, 0.2) is 24.7 Å². The van der Waals surface area contributed by atoms with Crippen molar-refractivity contribution in [2.45, 2.75) is 38.7 Å². The lowest BCUT2D eigenvalue weighted by Crippen LogP contribution is -2.34. The van der Waals surface area contributed by atoms with E-state index in [-0.39, 0.29) is 17.5 Å². The number of thiazole rings is 1. The molecular formula is C18H20F2N6OS. The summed E-state index contributed by atoms with van der Waals surface area (Å²) in [6.07, 6.45) is 4.41. The molecule has 3 aromatic rings. The van der Waals surface area contributed by atoms with Crippen molar-refractivity contribution in [3.8, 4) is 0 Å². The van der Waals surface area contributed by atoms with E-state index >= 15 is 0 Å². The molecule has 1 aliphatic heterocycles. The van der Waals surface area contributed by atoms with E-state index in [2.05, 4.69) is 25.2 Å². The molecule has 0 aliphatic carbocycles. The first-order valence-corrected chi connectivity index (χ1v) is 9.88. The Kier molecular flexibility index (Phi) is 5.31. The summed E-state index contributed by atoms with van der Waals surface area (Å²) in [7, 11) is 0. The number of hydrogen-bond donors (Lipinski definition) is 1. The third kappa shape index (κ3) is 4.02. The van der Waals surface area contributed by atoms with Crippen molar-refractivity contribution in [1.82, 2.24) is 24.3 Å². The molecule has 1 atom stereocenters. The van der Waals surface area contributed by atoms with Gasteiger partial charge in [-0.3, -0.25) is 14.1 Å². The third-order valence-electron chi connectivity index (χ3n) is 4.79. The van der Waals surface area contributed by atoms with Gasteiger partial charge in [-0.1, -0.05) is 0 Å². The number of hydrogen-bond acceptors (Lipinski definition) is 6. The summed E-state index contributed by atoms with van der Waals surface area (Å²) in [5.41, 5.74) is 0.596. The summed E-state index contributed by atoms with van der Waals surface area (Å²) in [5, 5.41) is 3.28. The number of anilines is 1. The van der Waals surface area contributed by atoms with Crippen molar-refractivity contribution in [2.75, 3.05) is 18.4 Å². The van der Waals surface area contributed by atoms with E-state index in [1.165, 1.54) is 24.3 Å². The van der Waals surface area contributed by atoms with Crippen molar-refractivity contribution in [1.29, 1.82) is 0 Å². The molecule has 148 valence electrons. The van der Waals surface area contributed by atoms with Crippen LogP contribution in [0.4, 0.5) is 13.9 Å². The van der Waals surface area contributed by atoms with Crippen LogP contribution < -0.4 is 5.32 Å². The lowest BCUT2D eigenvalue weighted by molar-refractivity contribution is -0.114. The molecule has 0 aromatic carbocycles. The number of rotatable bonds is 5. The fourth-order valence-corrected chi connectivity index (χ4v) is 4.53. The molecule has 1 aliphatic rings. The number of likely N-dealkylation sites (tertiary alicyclic amines) is 1. The standard InChI is InChI=1S/C18H20F2N6OS/c1-11(27)23-18-22-8-13(28-18)10-25-5-2-3-12(9-25)15-7-14(16(19)20)24-17-21-4-6-26(15)17/h4,6-8,12,16H,2-3,5,9-10H2,1H3,(H,22,23,27). The number of nitrogens with zero attached hydrogens (tertiary/aromatic N) is 5. The molecule has 0 bridgehead atoms. The predicted molar refractivity (Wildman–Crippen MR) is 102 cm³/mol. The smallest absolute Gasteiger partial charge is 0.280 e. The molecule has 4 rings (SSSR count). The molecule has 7 nitrogen and oxygen atoms in total. The van der Waals surface area contributed by atoms with Crippen molar-refractivity contribution in [2.24, 2.45) is 0 Å². The lowest BCUT2D eigenvalue weighted by Gasteiger charge is -2.32. The molecule has 0 saturated carbocycles. The Balaban J connectivity index is 1.52. The topological polar surface area (TPSA) is 75.4 Å². The van der Waals surface area contributed by atoms with Gasteiger partial charge in [0, 0.05) is 55.1 Å². The van der Waals surface area contributed by atoms with Crippen molar-refractivity contribution < 1.29 is 13.6 Å². The van der Waals surface area contributed by atoms with Crippen LogP contribution in [0.1, 0.15) is 48.4 Å². The first-order chi connectivity index (χ1) is 13.5. The minimum atomic E-state index is -2.62. The van der Waals surface area contributed by atoms with Gasteiger partial charge in [0.05, 0.1) is 0 Å². The van der Waals surface area contributed by atoms with Crippen LogP contribution in [0.2, 0.25) is 0 Å². The summed E-state index contributed by atoms with van der Waals surface area (Å²) >= 11 is 1.45. The van der Waals surface area contributed by atoms with Crippen LogP contribution >= 0.6 is 11.3 Å². The van der Waals surface area contributed by atoms with Gasteiger partial charge in [-0.15, -0.1) is 11.3 Å². The molecule has 1 N–H and O–H groups in total. The summed E-state index contributed by atoms with van der Waals surface area (Å²) in [6.45, 7) is 3.86. The second kappa shape index (κ2) is 7.88. The van der Waals surface area contributed by atoms with Gasteiger partial charge in [0.2, 0.25) is 11.7 Å². The zero-order valence-corrected chi connectivity index (χ0v) is 16.1. The number of nitrogens with one attached hydrogen (secondary N) is 1. The monoisotopic (exact) mass is 406 g/mol. The molecule has 4 heterocycles. The van der Waals surface area contributed by atoms with Gasteiger partial charge in [-0.2, -0.15) is 0 Å². The SMILES string of the molecule is CC(=O)Nc1ncc(CN2CCCC(c3cc(C(F)F)nc4nccn34)C2)s1. The maximum Gasteiger partial charge on any atom is 0.280 e. The van der Waals surface area contributed by atoms with Gasteiger partial charge in [-0.25, -0.2) is 23.7 Å². The van der Waals surface area contributed by atoms with Gasteiger partial charge < -0.3 is 5.32 Å². The fourth-order valence-electron chi connectivity index (χ4n) is 3.62. The quantitative estimate of drug-likeness (QED) is 0.702. The molecule has 1 unspecified atom stereocenters. The number of halogens is 2. The van der Waals surface area contributed by atoms with E-state index in [1.54, 1.807) is 18.6 Å². The van der Waals surface area contributed by atoms with E-state index in [0.717, 1.165) is 36.5 Å². The van der Waals surface area contributed by atoms with Crippen LogP contribution in [-0.2, 0) is 11.3 Å². The summed E-state index contributed by atoms with van der Waals surface area (Å²) in [5.74, 6) is 0.289. The van der Waals surface area contributed by atoms with Crippen LogP contribution in [0.5, 0.6) is 0 Å². The van der Waals surface area contributed by atoms with Crippen LogP contribution in [-0.4, -0.2) is 43.2 Å². The van der Waals surface area contributed by atoms with E-state index < -0.39 is 6.43 Å². The average Bonchev–Trinajstić information content (AvgIpc) is 3.29. The summed E-state index contributed by atoms with van der Waals surface area (Å²) < 4.78 is 28.3. The highest BCUT2D eigenvalue weighted by Crippen LogP contribution is 2.31. The molecule has 3 aromatic heterocycles. The van der Waals surface area contributed by atoms with E-state index in [9.17, 15) is 13.6 Å². The molecule has 1 fully saturated rings. The number of aromatic nitrogens is 4. The van der Waals surface area contributed by atoms with E-state index in [0.29, 0.717) is 17.5 Å². The zero-order chi connectivity index (χ0) is 19.7. The van der Waals surface area contributed by atoms with Crippen molar-refractivity contribution in [3.63, 3.8) is 0 Å². The summed E-state index contributed by atoms with van der Waals surface area (Å²) in [4.78, 5) is 26.8. The lowest BCUT2D eigenvalue weighted by atomic mass is 9.94. The Labute approximate surface area is 164 Å². The number of carbonyl (C=O) groups excluding carboxylic acids is 1. The number of carbonyl (C=O) groups is 1. The normalized spacial score (nSPS) is 18.1. The number of amides is 1. The Morgan fingerprint density at radius 3 is 3.07 bits per heavy atom. The Hall–Kier alpha value is -2.46. The van der Waals surface area contributed by atoms with Crippen LogP contribution in [0, 0.1) is 0 Å². The fraction of sp³-hybridized carbons (Fsp3) is 0.444. The van der Waals surface area contributed by atoms with Gasteiger partial charge in [-0.05, 0) is 25.5 Å². The van der Waals surface area contributed by atoms with Gasteiger partial charge in [0.15, 0.2) is 5.13 Å².